The molecule has 1 amide bonds. The Kier molecular flexibility index (Phi) is 4.70. The standard InChI is InChI=1S/C19H23N5O3S/c1-14-11-15(2)18(21-12-14)22-5-7-23(8-6-22)19(25)16-3-4-17(20-13-16)24-9-10-28(24,26)27/h3-4,11-13H,5-10H2,1-2H3. The highest BCUT2D eigenvalue weighted by Crippen LogP contribution is 2.23. The molecule has 0 saturated carbocycles. The summed E-state index contributed by atoms with van der Waals surface area (Å²) in [6.45, 7) is 7.18. The lowest BCUT2D eigenvalue weighted by molar-refractivity contribution is 0.0746. The number of piperazine rings is 1. The van der Waals surface area contributed by atoms with Gasteiger partial charge in [0.2, 0.25) is 10.0 Å². The number of rotatable bonds is 3. The molecule has 0 spiro atoms. The lowest BCUT2D eigenvalue weighted by Gasteiger charge is -2.36. The highest BCUT2D eigenvalue weighted by atomic mass is 32.2. The summed E-state index contributed by atoms with van der Waals surface area (Å²) in [6.07, 6.45) is 3.33. The lowest BCUT2D eigenvalue weighted by atomic mass is 10.2. The Hall–Kier alpha value is -2.68. The maximum Gasteiger partial charge on any atom is 0.255 e. The van der Waals surface area contributed by atoms with Gasteiger partial charge in [0, 0.05) is 38.6 Å². The molecule has 2 aliphatic heterocycles. The van der Waals surface area contributed by atoms with Gasteiger partial charge in [-0.05, 0) is 37.1 Å². The molecular formula is C19H23N5O3S. The summed E-state index contributed by atoms with van der Waals surface area (Å²) in [5.41, 5.74) is 2.75. The number of aryl methyl sites for hydroxylation is 2. The van der Waals surface area contributed by atoms with Crippen LogP contribution in [0.15, 0.2) is 30.6 Å². The van der Waals surface area contributed by atoms with Gasteiger partial charge in [0.15, 0.2) is 0 Å². The number of sulfonamides is 1. The van der Waals surface area contributed by atoms with Crippen LogP contribution >= 0.6 is 0 Å². The van der Waals surface area contributed by atoms with Crippen LogP contribution in [-0.4, -0.2) is 67.7 Å². The van der Waals surface area contributed by atoms with Crippen molar-refractivity contribution in [2.45, 2.75) is 13.8 Å². The minimum absolute atomic E-state index is 0.0845. The van der Waals surface area contributed by atoms with Crippen LogP contribution in [0.1, 0.15) is 21.5 Å². The van der Waals surface area contributed by atoms with Crippen molar-refractivity contribution in [2.24, 2.45) is 0 Å². The molecule has 2 aromatic rings. The minimum atomic E-state index is -3.20. The van der Waals surface area contributed by atoms with Crippen LogP contribution in [0.5, 0.6) is 0 Å². The lowest BCUT2D eigenvalue weighted by Crippen LogP contribution is -2.49. The number of aromatic nitrogens is 2. The van der Waals surface area contributed by atoms with Crippen LogP contribution in [0.25, 0.3) is 0 Å². The van der Waals surface area contributed by atoms with E-state index in [1.54, 1.807) is 17.0 Å². The first kappa shape index (κ1) is 18.7. The molecule has 0 unspecified atom stereocenters. The van der Waals surface area contributed by atoms with Gasteiger partial charge < -0.3 is 9.80 Å². The molecule has 148 valence electrons. The SMILES string of the molecule is Cc1cnc(N2CCN(C(=O)c3ccc(N4CCS4(=O)=O)nc3)CC2)c(C)c1. The van der Waals surface area contributed by atoms with Gasteiger partial charge in [-0.15, -0.1) is 0 Å². The Morgan fingerprint density at radius 1 is 1.00 bits per heavy atom. The normalized spacial score (nSPS) is 18.7. The summed E-state index contributed by atoms with van der Waals surface area (Å²) in [4.78, 5) is 25.5. The molecule has 2 fully saturated rings. The summed E-state index contributed by atoms with van der Waals surface area (Å²) < 4.78 is 24.6. The van der Waals surface area contributed by atoms with Crippen molar-refractivity contribution in [1.82, 2.24) is 14.9 Å². The first-order chi connectivity index (χ1) is 13.3. The minimum Gasteiger partial charge on any atom is -0.353 e. The summed E-state index contributed by atoms with van der Waals surface area (Å²) in [7, 11) is -3.20. The second-order valence-corrected chi connectivity index (χ2v) is 9.24. The molecule has 28 heavy (non-hydrogen) atoms. The molecule has 4 heterocycles. The number of carbonyl (C=O) groups excluding carboxylic acids is 1. The predicted molar refractivity (Wildman–Crippen MR) is 107 cm³/mol. The first-order valence-electron chi connectivity index (χ1n) is 9.29. The number of pyridine rings is 2. The quantitative estimate of drug-likeness (QED) is 0.768. The van der Waals surface area contributed by atoms with E-state index in [1.165, 1.54) is 10.5 Å². The van der Waals surface area contributed by atoms with Crippen molar-refractivity contribution < 1.29 is 13.2 Å². The van der Waals surface area contributed by atoms with E-state index >= 15 is 0 Å². The van der Waals surface area contributed by atoms with Crippen molar-refractivity contribution in [3.05, 3.63) is 47.3 Å². The van der Waals surface area contributed by atoms with E-state index in [9.17, 15) is 13.2 Å². The van der Waals surface area contributed by atoms with Crippen molar-refractivity contribution in [1.29, 1.82) is 0 Å². The third-order valence-corrected chi connectivity index (χ3v) is 6.93. The molecular weight excluding hydrogens is 378 g/mol. The molecule has 2 saturated heterocycles. The molecule has 0 bridgehead atoms. The molecule has 0 atom stereocenters. The van der Waals surface area contributed by atoms with Crippen LogP contribution < -0.4 is 9.21 Å². The smallest absolute Gasteiger partial charge is 0.255 e. The van der Waals surface area contributed by atoms with Crippen LogP contribution in [0.4, 0.5) is 11.6 Å². The molecule has 2 aromatic heterocycles. The number of hydrogen-bond acceptors (Lipinski definition) is 6. The Bertz CT molecular complexity index is 999. The van der Waals surface area contributed by atoms with Crippen LogP contribution in [-0.2, 0) is 10.0 Å². The molecule has 0 aliphatic carbocycles. The summed E-state index contributed by atoms with van der Waals surface area (Å²) in [5.74, 6) is 1.40. The summed E-state index contributed by atoms with van der Waals surface area (Å²) >= 11 is 0. The van der Waals surface area contributed by atoms with E-state index < -0.39 is 10.0 Å². The molecule has 0 N–H and O–H groups in total. The number of hydrogen-bond donors (Lipinski definition) is 0. The van der Waals surface area contributed by atoms with E-state index in [2.05, 4.69) is 27.9 Å². The van der Waals surface area contributed by atoms with Gasteiger partial charge in [-0.3, -0.25) is 9.10 Å². The molecule has 2 aliphatic rings. The van der Waals surface area contributed by atoms with Crippen molar-refractivity contribution >= 4 is 27.6 Å². The number of amides is 1. The monoisotopic (exact) mass is 401 g/mol. The topological polar surface area (TPSA) is 86.7 Å². The maximum absolute atomic E-state index is 12.8. The van der Waals surface area contributed by atoms with Crippen molar-refractivity contribution in [2.75, 3.05) is 47.7 Å². The molecule has 4 rings (SSSR count). The van der Waals surface area contributed by atoms with E-state index in [1.807, 2.05) is 13.1 Å². The average Bonchev–Trinajstić information content (AvgIpc) is 2.67. The number of carbonyl (C=O) groups is 1. The van der Waals surface area contributed by atoms with E-state index in [0.717, 1.165) is 30.0 Å². The van der Waals surface area contributed by atoms with E-state index in [0.29, 0.717) is 31.0 Å². The Labute approximate surface area is 164 Å². The largest absolute Gasteiger partial charge is 0.353 e. The fraction of sp³-hybridized carbons (Fsp3) is 0.421. The zero-order valence-electron chi connectivity index (χ0n) is 16.0. The van der Waals surface area contributed by atoms with Crippen LogP contribution in [0, 0.1) is 13.8 Å². The second kappa shape index (κ2) is 7.05. The van der Waals surface area contributed by atoms with Crippen LogP contribution in [0.2, 0.25) is 0 Å². The van der Waals surface area contributed by atoms with Gasteiger partial charge in [0.25, 0.3) is 5.91 Å². The third kappa shape index (κ3) is 3.42. The van der Waals surface area contributed by atoms with Gasteiger partial charge in [-0.25, -0.2) is 18.4 Å². The van der Waals surface area contributed by atoms with Gasteiger partial charge in [0.05, 0.1) is 17.9 Å². The fourth-order valence-electron chi connectivity index (χ4n) is 3.59. The molecule has 0 radical (unpaired) electrons. The Balaban J connectivity index is 1.40. The summed E-state index contributed by atoms with van der Waals surface area (Å²) in [6, 6.07) is 5.36. The first-order valence-corrected chi connectivity index (χ1v) is 10.9. The van der Waals surface area contributed by atoms with Crippen LogP contribution in [0.3, 0.4) is 0 Å². The predicted octanol–water partition coefficient (Wildman–Crippen LogP) is 1.21. The second-order valence-electron chi connectivity index (χ2n) is 7.23. The summed E-state index contributed by atoms with van der Waals surface area (Å²) in [5, 5.41) is 0. The van der Waals surface area contributed by atoms with Crippen molar-refractivity contribution in [3.63, 3.8) is 0 Å². The highest BCUT2D eigenvalue weighted by molar-refractivity contribution is 7.94. The molecule has 8 nitrogen and oxygen atoms in total. The van der Waals surface area contributed by atoms with Gasteiger partial charge >= 0.3 is 0 Å². The number of anilines is 2. The van der Waals surface area contributed by atoms with Gasteiger partial charge in [-0.2, -0.15) is 0 Å². The van der Waals surface area contributed by atoms with E-state index in [-0.39, 0.29) is 11.7 Å². The maximum atomic E-state index is 12.8. The third-order valence-electron chi connectivity index (χ3n) is 5.19. The molecule has 9 heteroatoms. The van der Waals surface area contributed by atoms with Gasteiger partial charge in [-0.1, -0.05) is 6.07 Å². The molecule has 0 aromatic carbocycles. The zero-order chi connectivity index (χ0) is 19.9. The Morgan fingerprint density at radius 2 is 1.75 bits per heavy atom. The fourth-order valence-corrected chi connectivity index (χ4v) is 4.65. The zero-order valence-corrected chi connectivity index (χ0v) is 16.8. The highest BCUT2D eigenvalue weighted by Gasteiger charge is 2.33. The Morgan fingerprint density at radius 3 is 2.29 bits per heavy atom. The number of nitrogens with zero attached hydrogens (tertiary/aromatic N) is 5. The van der Waals surface area contributed by atoms with Gasteiger partial charge in [0.1, 0.15) is 11.6 Å². The average molecular weight is 401 g/mol. The van der Waals surface area contributed by atoms with E-state index in [4.69, 9.17) is 0 Å². The van der Waals surface area contributed by atoms with Crippen molar-refractivity contribution in [3.8, 4) is 0 Å².